The van der Waals surface area contributed by atoms with Crippen LogP contribution in [0.1, 0.15) is 0 Å². The third kappa shape index (κ3) is 6.07. The van der Waals surface area contributed by atoms with Crippen molar-refractivity contribution in [1.82, 2.24) is 0 Å². The van der Waals surface area contributed by atoms with Crippen LogP contribution in [0, 0.1) is 0 Å². The normalized spacial score (nSPS) is 12.2. The number of anilines is 6. The smallest absolute Gasteiger partial charge is 0.0554 e. The molecule has 1 aromatic heterocycles. The largest absolute Gasteiger partial charge is 0.309 e. The molecule has 1 aliphatic rings. The van der Waals surface area contributed by atoms with Crippen LogP contribution in [-0.2, 0) is 0 Å². The highest BCUT2D eigenvalue weighted by Crippen LogP contribution is 2.55. The Labute approximate surface area is 412 Å². The molecule has 0 atom stereocenters. The highest BCUT2D eigenvalue weighted by Gasteiger charge is 2.27. The molecule has 13 aromatic carbocycles. The molecule has 15 rings (SSSR count). The molecular formula is C66H40N2S2. The van der Waals surface area contributed by atoms with Crippen molar-refractivity contribution in [3.8, 4) is 11.1 Å². The summed E-state index contributed by atoms with van der Waals surface area (Å²) >= 11 is 3.81. The van der Waals surface area contributed by atoms with Gasteiger partial charge in [-0.3, -0.25) is 0 Å². The molecule has 326 valence electrons. The number of rotatable bonds is 6. The van der Waals surface area contributed by atoms with E-state index in [0.29, 0.717) is 0 Å². The fraction of sp³-hybridized carbons (Fsp3) is 0. The Morgan fingerprint density at radius 1 is 0.257 bits per heavy atom. The second kappa shape index (κ2) is 15.6. The fourth-order valence-corrected chi connectivity index (χ4v) is 13.7. The summed E-state index contributed by atoms with van der Waals surface area (Å²) in [5, 5.41) is 17.5. The van der Waals surface area contributed by atoms with Gasteiger partial charge in [0.15, 0.2) is 0 Å². The van der Waals surface area contributed by atoms with Gasteiger partial charge < -0.3 is 9.80 Å². The van der Waals surface area contributed by atoms with Crippen LogP contribution in [0.3, 0.4) is 0 Å². The molecule has 0 saturated carbocycles. The summed E-state index contributed by atoms with van der Waals surface area (Å²) in [7, 11) is 0. The van der Waals surface area contributed by atoms with Gasteiger partial charge in [-0.15, -0.1) is 11.3 Å². The van der Waals surface area contributed by atoms with E-state index in [0.717, 1.165) is 22.7 Å². The zero-order valence-electron chi connectivity index (χ0n) is 37.8. The van der Waals surface area contributed by atoms with Crippen molar-refractivity contribution in [2.75, 3.05) is 9.80 Å². The molecule has 0 radical (unpaired) electrons. The highest BCUT2D eigenvalue weighted by molar-refractivity contribution is 7.99. The Hall–Kier alpha value is -8.41. The summed E-state index contributed by atoms with van der Waals surface area (Å²) in [6, 6.07) is 90.1. The van der Waals surface area contributed by atoms with Crippen LogP contribution in [0.5, 0.6) is 0 Å². The SMILES string of the molecule is c1ccc2cc(N(c3cccc4ccccc34)c3ccc4c5c(cccc35)Sc3cc5c(cc3-4)sc3cc(N(c4ccc6ccccc6c4)c4cccc6ccccc46)c4ccccc4c35)ccc2c1. The molecule has 0 fully saturated rings. The Balaban J connectivity index is 0.935. The lowest BCUT2D eigenvalue weighted by Crippen LogP contribution is -2.11. The maximum absolute atomic E-state index is 2.50. The quantitative estimate of drug-likeness (QED) is 0.164. The number of nitrogens with zero attached hydrogens (tertiary/aromatic N) is 2. The summed E-state index contributed by atoms with van der Waals surface area (Å²) in [6.07, 6.45) is 0. The van der Waals surface area contributed by atoms with E-state index in [-0.39, 0.29) is 0 Å². The van der Waals surface area contributed by atoms with Gasteiger partial charge in [-0.1, -0.05) is 188 Å². The lowest BCUT2D eigenvalue weighted by Gasteiger charge is -2.30. The topological polar surface area (TPSA) is 6.48 Å². The van der Waals surface area contributed by atoms with Gasteiger partial charge in [0.05, 0.1) is 22.7 Å². The first-order chi connectivity index (χ1) is 34.7. The predicted octanol–water partition coefficient (Wildman–Crippen LogP) is 20.0. The molecule has 1 aliphatic heterocycles. The molecular weight excluding hydrogens is 885 g/mol. The number of fused-ring (bicyclic) bond motifs is 11. The minimum absolute atomic E-state index is 1.14. The second-order valence-electron chi connectivity index (χ2n) is 18.4. The molecule has 70 heavy (non-hydrogen) atoms. The van der Waals surface area contributed by atoms with Gasteiger partial charge in [-0.05, 0) is 116 Å². The van der Waals surface area contributed by atoms with E-state index in [1.54, 1.807) is 0 Å². The average molecular weight is 925 g/mol. The lowest BCUT2D eigenvalue weighted by molar-refractivity contribution is 1.31. The minimum Gasteiger partial charge on any atom is -0.309 e. The van der Waals surface area contributed by atoms with E-state index < -0.39 is 0 Å². The first-order valence-corrected chi connectivity index (χ1v) is 25.5. The second-order valence-corrected chi connectivity index (χ2v) is 20.6. The van der Waals surface area contributed by atoms with Crippen LogP contribution < -0.4 is 9.80 Å². The zero-order chi connectivity index (χ0) is 45.9. The molecule has 2 nitrogen and oxygen atoms in total. The summed E-state index contributed by atoms with van der Waals surface area (Å²) in [5.41, 5.74) is 9.51. The number of benzene rings is 13. The third-order valence-corrected chi connectivity index (χ3v) is 16.7. The van der Waals surface area contributed by atoms with Crippen molar-refractivity contribution in [3.05, 3.63) is 243 Å². The molecule has 0 aliphatic carbocycles. The Bertz CT molecular complexity index is 4480. The zero-order valence-corrected chi connectivity index (χ0v) is 39.4. The Kier molecular flexibility index (Phi) is 8.80. The standard InChI is InChI=1S/C66H40N2S2/c1-3-18-45-36-47(32-30-41(45)14-1)67(57-27-11-20-43-16-5-7-22-49(43)57)59-35-34-53-55-38-63-56(39-62(55)69-61-29-13-26-54(59)65(53)61)66-52-25-10-9-24-51(52)60(40-64(66)70-63)68(48-33-31-42-15-2-4-19-46(42)37-48)58-28-12-21-44-17-6-8-23-50(44)58/h1-40H. The van der Waals surface area contributed by atoms with Gasteiger partial charge in [-0.2, -0.15) is 0 Å². The van der Waals surface area contributed by atoms with Gasteiger partial charge in [0, 0.05) is 68.3 Å². The van der Waals surface area contributed by atoms with Gasteiger partial charge in [-0.25, -0.2) is 0 Å². The summed E-state index contributed by atoms with van der Waals surface area (Å²) < 4.78 is 2.57. The number of hydrogen-bond donors (Lipinski definition) is 0. The molecule has 0 saturated heterocycles. The van der Waals surface area contributed by atoms with Crippen molar-refractivity contribution in [3.63, 3.8) is 0 Å². The highest BCUT2D eigenvalue weighted by atomic mass is 32.2. The lowest BCUT2D eigenvalue weighted by atomic mass is 9.94. The Morgan fingerprint density at radius 2 is 0.771 bits per heavy atom. The van der Waals surface area contributed by atoms with Gasteiger partial charge in [0.1, 0.15) is 0 Å². The first-order valence-electron chi connectivity index (χ1n) is 23.9. The maximum atomic E-state index is 2.50. The molecule has 0 N–H and O–H groups in total. The van der Waals surface area contributed by atoms with Crippen LogP contribution in [0.4, 0.5) is 34.1 Å². The van der Waals surface area contributed by atoms with Crippen LogP contribution >= 0.6 is 23.1 Å². The van der Waals surface area contributed by atoms with Crippen molar-refractivity contribution >= 4 is 142 Å². The predicted molar refractivity (Wildman–Crippen MR) is 303 cm³/mol. The molecule has 0 unspecified atom stereocenters. The summed E-state index contributed by atoms with van der Waals surface area (Å²) in [6.45, 7) is 0. The van der Waals surface area contributed by atoms with Crippen molar-refractivity contribution in [2.24, 2.45) is 0 Å². The van der Waals surface area contributed by atoms with E-state index in [1.165, 1.54) is 117 Å². The van der Waals surface area contributed by atoms with Crippen LogP contribution in [0.2, 0.25) is 0 Å². The van der Waals surface area contributed by atoms with E-state index in [2.05, 4.69) is 252 Å². The van der Waals surface area contributed by atoms with Crippen LogP contribution in [-0.4, -0.2) is 0 Å². The molecule has 2 heterocycles. The van der Waals surface area contributed by atoms with Gasteiger partial charge in [0.2, 0.25) is 0 Å². The fourth-order valence-electron chi connectivity index (χ4n) is 11.4. The van der Waals surface area contributed by atoms with E-state index in [1.807, 2.05) is 23.1 Å². The van der Waals surface area contributed by atoms with E-state index in [4.69, 9.17) is 0 Å². The Morgan fingerprint density at radius 3 is 1.43 bits per heavy atom. The van der Waals surface area contributed by atoms with Crippen molar-refractivity contribution in [1.29, 1.82) is 0 Å². The molecule has 14 aromatic rings. The molecule has 0 amide bonds. The summed E-state index contributed by atoms with van der Waals surface area (Å²) in [5.74, 6) is 0. The van der Waals surface area contributed by atoms with E-state index in [9.17, 15) is 0 Å². The minimum atomic E-state index is 1.14. The monoisotopic (exact) mass is 924 g/mol. The van der Waals surface area contributed by atoms with Gasteiger partial charge >= 0.3 is 0 Å². The van der Waals surface area contributed by atoms with Crippen molar-refractivity contribution < 1.29 is 0 Å². The van der Waals surface area contributed by atoms with Crippen molar-refractivity contribution in [2.45, 2.75) is 9.79 Å². The molecule has 0 bridgehead atoms. The molecule has 0 spiro atoms. The average Bonchev–Trinajstić information content (AvgIpc) is 3.78. The number of thiophene rings is 1. The van der Waals surface area contributed by atoms with E-state index >= 15 is 0 Å². The first kappa shape index (κ1) is 39.6. The van der Waals surface area contributed by atoms with Crippen LogP contribution in [0.15, 0.2) is 252 Å². The number of hydrogen-bond acceptors (Lipinski definition) is 4. The third-order valence-electron chi connectivity index (χ3n) is 14.5. The molecule has 4 heteroatoms. The van der Waals surface area contributed by atoms with Crippen LogP contribution in [0.25, 0.3) is 95.9 Å². The van der Waals surface area contributed by atoms with Gasteiger partial charge in [0.25, 0.3) is 0 Å². The summed E-state index contributed by atoms with van der Waals surface area (Å²) in [4.78, 5) is 7.55. The maximum Gasteiger partial charge on any atom is 0.0554 e.